The highest BCUT2D eigenvalue weighted by Gasteiger charge is 2.44. The highest BCUT2D eigenvalue weighted by atomic mass is 32.2. The second-order valence-corrected chi connectivity index (χ2v) is 9.58. The van der Waals surface area contributed by atoms with Crippen LogP contribution in [0.15, 0.2) is 6.20 Å². The van der Waals surface area contributed by atoms with E-state index in [9.17, 15) is 13.2 Å². The van der Waals surface area contributed by atoms with Crippen molar-refractivity contribution in [2.24, 2.45) is 0 Å². The molecular weight excluding hydrogens is 328 g/mol. The standard InChI is InChI=1S/C16H22N4O3S/c1-10-17-8-14(15(18-10)11-2-3-11)19-16(21)20-7-6-12-4-5-13(9-20)24(12,22)23/h8,11-13H,2-7,9H2,1H3,(H,19,21). The molecule has 130 valence electrons. The number of nitrogens with zero attached hydrogens (tertiary/aromatic N) is 3. The zero-order valence-electron chi connectivity index (χ0n) is 13.7. The molecule has 1 N–H and O–H groups in total. The third-order valence-electron chi connectivity index (χ3n) is 5.32. The van der Waals surface area contributed by atoms with Crippen molar-refractivity contribution >= 4 is 21.6 Å². The first-order valence-corrected chi connectivity index (χ1v) is 10.2. The molecule has 8 heteroatoms. The van der Waals surface area contributed by atoms with Crippen molar-refractivity contribution in [2.45, 2.75) is 55.4 Å². The number of carbonyl (C=O) groups is 1. The molecule has 2 amide bonds. The van der Waals surface area contributed by atoms with E-state index in [0.29, 0.717) is 36.8 Å². The predicted molar refractivity (Wildman–Crippen MR) is 89.7 cm³/mol. The Kier molecular flexibility index (Phi) is 3.74. The van der Waals surface area contributed by atoms with Crippen LogP contribution >= 0.6 is 0 Å². The Balaban J connectivity index is 1.51. The second kappa shape index (κ2) is 5.68. The molecule has 2 unspecified atom stereocenters. The van der Waals surface area contributed by atoms with Gasteiger partial charge in [0.05, 0.1) is 28.1 Å². The van der Waals surface area contributed by atoms with Crippen molar-refractivity contribution in [2.75, 3.05) is 18.4 Å². The highest BCUT2D eigenvalue weighted by Crippen LogP contribution is 2.42. The van der Waals surface area contributed by atoms with Crippen molar-refractivity contribution in [1.29, 1.82) is 0 Å². The van der Waals surface area contributed by atoms with Crippen LogP contribution in [0.2, 0.25) is 0 Å². The molecule has 2 atom stereocenters. The first-order chi connectivity index (χ1) is 11.4. The molecule has 0 aromatic carbocycles. The number of likely N-dealkylation sites (tertiary alicyclic amines) is 1. The largest absolute Gasteiger partial charge is 0.323 e. The van der Waals surface area contributed by atoms with Crippen molar-refractivity contribution in [3.8, 4) is 0 Å². The third kappa shape index (κ3) is 2.76. The highest BCUT2D eigenvalue weighted by molar-refractivity contribution is 7.93. The summed E-state index contributed by atoms with van der Waals surface area (Å²) in [5.74, 6) is 1.11. The van der Waals surface area contributed by atoms with E-state index in [1.54, 1.807) is 11.1 Å². The molecule has 0 spiro atoms. The molecule has 3 fully saturated rings. The smallest absolute Gasteiger partial charge is 0.321 e. The van der Waals surface area contributed by atoms with Gasteiger partial charge in [0.1, 0.15) is 5.82 Å². The number of sulfone groups is 1. The average Bonchev–Trinajstić information content (AvgIpc) is 3.30. The minimum atomic E-state index is -3.07. The Bertz CT molecular complexity index is 776. The molecule has 3 aliphatic rings. The van der Waals surface area contributed by atoms with Crippen molar-refractivity contribution in [3.63, 3.8) is 0 Å². The van der Waals surface area contributed by atoms with Gasteiger partial charge in [-0.3, -0.25) is 0 Å². The summed E-state index contributed by atoms with van der Waals surface area (Å²) in [6.07, 6.45) is 5.77. The number of urea groups is 1. The molecule has 1 aromatic heterocycles. The minimum absolute atomic E-state index is 0.243. The monoisotopic (exact) mass is 350 g/mol. The first-order valence-electron chi connectivity index (χ1n) is 8.57. The lowest BCUT2D eigenvalue weighted by molar-refractivity contribution is 0.209. The number of carbonyl (C=O) groups excluding carboxylic acids is 1. The molecule has 2 bridgehead atoms. The van der Waals surface area contributed by atoms with E-state index in [-0.39, 0.29) is 17.8 Å². The fraction of sp³-hybridized carbons (Fsp3) is 0.688. The second-order valence-electron chi connectivity index (χ2n) is 7.07. The van der Waals surface area contributed by atoms with Crippen LogP contribution in [0.3, 0.4) is 0 Å². The lowest BCUT2D eigenvalue weighted by atomic mass is 10.1. The number of fused-ring (bicyclic) bond motifs is 2. The molecule has 1 aromatic rings. The molecule has 4 rings (SSSR count). The predicted octanol–water partition coefficient (Wildman–Crippen LogP) is 1.85. The van der Waals surface area contributed by atoms with Gasteiger partial charge in [0.2, 0.25) is 0 Å². The number of aryl methyl sites for hydroxylation is 1. The molecule has 2 saturated heterocycles. The maximum Gasteiger partial charge on any atom is 0.321 e. The van der Waals surface area contributed by atoms with E-state index in [2.05, 4.69) is 15.3 Å². The molecule has 1 aliphatic carbocycles. The SMILES string of the molecule is Cc1ncc(NC(=O)N2CCC3CCC(C2)S3(=O)=O)c(C2CC2)n1. The topological polar surface area (TPSA) is 92.3 Å². The van der Waals surface area contributed by atoms with Gasteiger partial charge in [0, 0.05) is 19.0 Å². The lowest BCUT2D eigenvalue weighted by Gasteiger charge is -2.24. The number of nitrogens with one attached hydrogen (secondary N) is 1. The van der Waals surface area contributed by atoms with E-state index >= 15 is 0 Å². The minimum Gasteiger partial charge on any atom is -0.323 e. The van der Waals surface area contributed by atoms with E-state index in [4.69, 9.17) is 0 Å². The van der Waals surface area contributed by atoms with E-state index in [1.165, 1.54) is 0 Å². The van der Waals surface area contributed by atoms with Gasteiger partial charge in [-0.15, -0.1) is 0 Å². The molecule has 3 heterocycles. The number of amides is 2. The summed E-state index contributed by atoms with van der Waals surface area (Å²) in [5, 5.41) is 2.23. The average molecular weight is 350 g/mol. The summed E-state index contributed by atoms with van der Waals surface area (Å²) >= 11 is 0. The molecule has 7 nitrogen and oxygen atoms in total. The zero-order valence-corrected chi connectivity index (χ0v) is 14.6. The van der Waals surface area contributed by atoms with Crippen molar-refractivity contribution < 1.29 is 13.2 Å². The summed E-state index contributed by atoms with van der Waals surface area (Å²) in [7, 11) is -3.07. The molecular formula is C16H22N4O3S. The van der Waals surface area contributed by atoms with Crippen LogP contribution in [-0.2, 0) is 9.84 Å². The van der Waals surface area contributed by atoms with Gasteiger partial charge in [0.15, 0.2) is 9.84 Å². The third-order valence-corrected chi connectivity index (χ3v) is 8.03. The van der Waals surface area contributed by atoms with Crippen LogP contribution in [0, 0.1) is 6.92 Å². The Morgan fingerprint density at radius 2 is 1.96 bits per heavy atom. The Labute approximate surface area is 141 Å². The molecule has 2 aliphatic heterocycles. The Morgan fingerprint density at radius 1 is 1.21 bits per heavy atom. The quantitative estimate of drug-likeness (QED) is 0.879. The van der Waals surface area contributed by atoms with Crippen LogP contribution in [-0.4, -0.2) is 52.9 Å². The van der Waals surface area contributed by atoms with Crippen molar-refractivity contribution in [1.82, 2.24) is 14.9 Å². The summed E-state index contributed by atoms with van der Waals surface area (Å²) in [5.41, 5.74) is 1.56. The van der Waals surface area contributed by atoms with E-state index < -0.39 is 15.1 Å². The number of anilines is 1. The van der Waals surface area contributed by atoms with Crippen LogP contribution in [0.1, 0.15) is 49.5 Å². The molecule has 24 heavy (non-hydrogen) atoms. The maximum atomic E-state index is 12.7. The van der Waals surface area contributed by atoms with Gasteiger partial charge in [-0.2, -0.15) is 0 Å². The first kappa shape index (κ1) is 15.8. The Hall–Kier alpha value is -1.70. The maximum absolute atomic E-state index is 12.7. The number of hydrogen-bond donors (Lipinski definition) is 1. The van der Waals surface area contributed by atoms with E-state index in [1.807, 2.05) is 6.92 Å². The summed E-state index contributed by atoms with van der Waals surface area (Å²) in [6.45, 7) is 2.61. The van der Waals surface area contributed by atoms with Gasteiger partial charge in [-0.1, -0.05) is 0 Å². The summed E-state index contributed by atoms with van der Waals surface area (Å²) in [6, 6.07) is -0.243. The van der Waals surface area contributed by atoms with Gasteiger partial charge in [-0.05, 0) is 39.0 Å². The molecule has 0 radical (unpaired) electrons. The summed E-state index contributed by atoms with van der Waals surface area (Å²) in [4.78, 5) is 22.9. The van der Waals surface area contributed by atoms with Gasteiger partial charge >= 0.3 is 6.03 Å². The lowest BCUT2D eigenvalue weighted by Crippen LogP contribution is -2.40. The Morgan fingerprint density at radius 3 is 2.71 bits per heavy atom. The van der Waals surface area contributed by atoms with Crippen LogP contribution in [0.5, 0.6) is 0 Å². The van der Waals surface area contributed by atoms with Crippen LogP contribution in [0.25, 0.3) is 0 Å². The summed E-state index contributed by atoms with van der Waals surface area (Å²) < 4.78 is 24.7. The zero-order chi connectivity index (χ0) is 16.9. The number of rotatable bonds is 2. The van der Waals surface area contributed by atoms with E-state index in [0.717, 1.165) is 25.0 Å². The molecule has 1 saturated carbocycles. The van der Waals surface area contributed by atoms with Crippen molar-refractivity contribution in [3.05, 3.63) is 17.7 Å². The number of aromatic nitrogens is 2. The fourth-order valence-electron chi connectivity index (χ4n) is 3.74. The normalized spacial score (nSPS) is 28.5. The van der Waals surface area contributed by atoms with Gasteiger partial charge < -0.3 is 10.2 Å². The van der Waals surface area contributed by atoms with Gasteiger partial charge in [-0.25, -0.2) is 23.2 Å². The fourth-order valence-corrected chi connectivity index (χ4v) is 6.04. The number of hydrogen-bond acceptors (Lipinski definition) is 5. The van der Waals surface area contributed by atoms with Crippen LogP contribution in [0.4, 0.5) is 10.5 Å². The van der Waals surface area contributed by atoms with Crippen LogP contribution < -0.4 is 5.32 Å². The van der Waals surface area contributed by atoms with Gasteiger partial charge in [0.25, 0.3) is 0 Å².